The average molecular weight is 298 g/mol. The summed E-state index contributed by atoms with van der Waals surface area (Å²) in [5.74, 6) is 0. The number of pyridine rings is 1. The Morgan fingerprint density at radius 2 is 2.25 bits per heavy atom. The molecular weight excluding hydrogens is 286 g/mol. The summed E-state index contributed by atoms with van der Waals surface area (Å²) in [7, 11) is 0. The zero-order valence-electron chi connectivity index (χ0n) is 8.85. The van der Waals surface area contributed by atoms with E-state index in [1.54, 1.807) is 17.5 Å². The molecule has 0 aromatic carbocycles. The van der Waals surface area contributed by atoms with Crippen LogP contribution < -0.4 is 0 Å². The van der Waals surface area contributed by atoms with Crippen LogP contribution in [0.3, 0.4) is 0 Å². The minimum atomic E-state index is -0.468. The Hall–Kier alpha value is -0.710. The molecule has 2 heterocycles. The molecule has 2 aromatic heterocycles. The summed E-state index contributed by atoms with van der Waals surface area (Å²) < 4.78 is 1.04. The molecule has 16 heavy (non-hydrogen) atoms. The predicted molar refractivity (Wildman–Crippen MR) is 69.7 cm³/mol. The number of aryl methyl sites for hydroxylation is 1. The first-order chi connectivity index (χ1) is 7.66. The summed E-state index contributed by atoms with van der Waals surface area (Å²) in [5, 5.41) is 10.1. The molecule has 0 bridgehead atoms. The number of aliphatic hydroxyl groups is 1. The molecule has 0 fully saturated rings. The number of rotatable bonds is 3. The van der Waals surface area contributed by atoms with Gasteiger partial charge >= 0.3 is 0 Å². The van der Waals surface area contributed by atoms with E-state index < -0.39 is 6.10 Å². The third-order valence-corrected chi connectivity index (χ3v) is 4.15. The maximum atomic E-state index is 10.1. The highest BCUT2D eigenvalue weighted by Gasteiger charge is 2.12. The Morgan fingerprint density at radius 3 is 2.88 bits per heavy atom. The standard InChI is InChI=1S/C12H12BrNOS/c1-8-3-2-6-14-9(8)7-10(15)11-4-5-12(13)16-11/h2-6,10,15H,7H2,1H3. The molecule has 0 aliphatic rings. The second-order valence-electron chi connectivity index (χ2n) is 3.63. The van der Waals surface area contributed by atoms with E-state index in [0.717, 1.165) is 19.9 Å². The van der Waals surface area contributed by atoms with Crippen molar-refractivity contribution in [2.75, 3.05) is 0 Å². The second-order valence-corrected chi connectivity index (χ2v) is 6.12. The van der Waals surface area contributed by atoms with E-state index in [-0.39, 0.29) is 0 Å². The molecule has 4 heteroatoms. The lowest BCUT2D eigenvalue weighted by Gasteiger charge is -2.09. The van der Waals surface area contributed by atoms with Gasteiger partial charge in [0.15, 0.2) is 0 Å². The van der Waals surface area contributed by atoms with Crippen molar-refractivity contribution in [1.82, 2.24) is 4.98 Å². The van der Waals surface area contributed by atoms with Gasteiger partial charge in [-0.3, -0.25) is 4.98 Å². The molecule has 84 valence electrons. The summed E-state index contributed by atoms with van der Waals surface area (Å²) in [6.07, 6.45) is 1.86. The number of nitrogens with zero attached hydrogens (tertiary/aromatic N) is 1. The van der Waals surface area contributed by atoms with Gasteiger partial charge in [0.1, 0.15) is 0 Å². The fourth-order valence-corrected chi connectivity index (χ4v) is 2.93. The van der Waals surface area contributed by atoms with E-state index >= 15 is 0 Å². The van der Waals surface area contributed by atoms with E-state index in [0.29, 0.717) is 6.42 Å². The Morgan fingerprint density at radius 1 is 1.44 bits per heavy atom. The van der Waals surface area contributed by atoms with Gasteiger partial charge in [0.25, 0.3) is 0 Å². The highest BCUT2D eigenvalue weighted by Crippen LogP contribution is 2.29. The molecule has 2 nitrogen and oxygen atoms in total. The van der Waals surface area contributed by atoms with Crippen molar-refractivity contribution in [2.45, 2.75) is 19.4 Å². The minimum absolute atomic E-state index is 0.468. The molecule has 2 aromatic rings. The second kappa shape index (κ2) is 5.08. The van der Waals surface area contributed by atoms with Crippen LogP contribution in [0.5, 0.6) is 0 Å². The van der Waals surface area contributed by atoms with Gasteiger partial charge < -0.3 is 5.11 Å². The summed E-state index contributed by atoms with van der Waals surface area (Å²) in [6, 6.07) is 7.82. The smallest absolute Gasteiger partial charge is 0.0937 e. The van der Waals surface area contributed by atoms with E-state index in [1.165, 1.54) is 0 Å². The first-order valence-corrected chi connectivity index (χ1v) is 6.61. The molecular formula is C12H12BrNOS. The fourth-order valence-electron chi connectivity index (χ4n) is 1.52. The van der Waals surface area contributed by atoms with Crippen LogP contribution >= 0.6 is 27.3 Å². The van der Waals surface area contributed by atoms with Gasteiger partial charge in [-0.2, -0.15) is 0 Å². The highest BCUT2D eigenvalue weighted by molar-refractivity contribution is 9.11. The van der Waals surface area contributed by atoms with Gasteiger partial charge in [-0.1, -0.05) is 6.07 Å². The van der Waals surface area contributed by atoms with E-state index in [4.69, 9.17) is 0 Å². The summed E-state index contributed by atoms with van der Waals surface area (Å²) >= 11 is 4.95. The van der Waals surface area contributed by atoms with Crippen LogP contribution in [0.1, 0.15) is 22.2 Å². The van der Waals surface area contributed by atoms with Crippen LogP contribution in [-0.2, 0) is 6.42 Å². The van der Waals surface area contributed by atoms with Crippen LogP contribution in [0.4, 0.5) is 0 Å². The zero-order chi connectivity index (χ0) is 11.5. The van der Waals surface area contributed by atoms with Gasteiger partial charge in [0.2, 0.25) is 0 Å². The maximum absolute atomic E-state index is 10.1. The highest BCUT2D eigenvalue weighted by atomic mass is 79.9. The zero-order valence-corrected chi connectivity index (χ0v) is 11.3. The first-order valence-electron chi connectivity index (χ1n) is 5.00. The Labute approximate surface area is 107 Å². The van der Waals surface area contributed by atoms with Gasteiger partial charge in [0, 0.05) is 23.2 Å². The third kappa shape index (κ3) is 2.70. The average Bonchev–Trinajstić information content (AvgIpc) is 2.68. The molecule has 0 saturated heterocycles. The molecule has 1 N–H and O–H groups in total. The molecule has 0 aliphatic carbocycles. The van der Waals surface area contributed by atoms with Crippen molar-refractivity contribution in [2.24, 2.45) is 0 Å². The monoisotopic (exact) mass is 297 g/mol. The summed E-state index contributed by atoms with van der Waals surface area (Å²) in [6.45, 7) is 2.01. The van der Waals surface area contributed by atoms with Crippen LogP contribution in [0.2, 0.25) is 0 Å². The predicted octanol–water partition coefficient (Wildman–Crippen LogP) is 3.49. The van der Waals surface area contributed by atoms with Crippen LogP contribution in [-0.4, -0.2) is 10.1 Å². The molecule has 2 rings (SSSR count). The lowest BCUT2D eigenvalue weighted by Crippen LogP contribution is -2.03. The molecule has 0 saturated carbocycles. The van der Waals surface area contributed by atoms with Crippen LogP contribution in [0, 0.1) is 6.92 Å². The molecule has 1 atom stereocenters. The molecule has 0 spiro atoms. The fraction of sp³-hybridized carbons (Fsp3) is 0.250. The van der Waals surface area contributed by atoms with Gasteiger partial charge in [0.05, 0.1) is 9.89 Å². The normalized spacial score (nSPS) is 12.7. The SMILES string of the molecule is Cc1cccnc1CC(O)c1ccc(Br)s1. The number of hydrogen-bond acceptors (Lipinski definition) is 3. The minimum Gasteiger partial charge on any atom is -0.387 e. The Kier molecular flexibility index (Phi) is 3.74. The molecule has 0 radical (unpaired) electrons. The number of aromatic nitrogens is 1. The number of halogens is 1. The largest absolute Gasteiger partial charge is 0.387 e. The van der Waals surface area contributed by atoms with Crippen molar-refractivity contribution in [3.8, 4) is 0 Å². The lowest BCUT2D eigenvalue weighted by atomic mass is 10.1. The van der Waals surface area contributed by atoms with Crippen LogP contribution in [0.25, 0.3) is 0 Å². The van der Waals surface area contributed by atoms with Crippen molar-refractivity contribution < 1.29 is 5.11 Å². The van der Waals surface area contributed by atoms with E-state index in [9.17, 15) is 5.11 Å². The van der Waals surface area contributed by atoms with Crippen LogP contribution in [0.15, 0.2) is 34.2 Å². The summed E-state index contributed by atoms with van der Waals surface area (Å²) in [5.41, 5.74) is 2.08. The quantitative estimate of drug-likeness (QED) is 0.941. The van der Waals surface area contributed by atoms with Crippen molar-refractivity contribution in [3.05, 3.63) is 50.4 Å². The molecule has 1 unspecified atom stereocenters. The van der Waals surface area contributed by atoms with E-state index in [1.807, 2.05) is 31.2 Å². The van der Waals surface area contributed by atoms with Gasteiger partial charge in [-0.25, -0.2) is 0 Å². The Balaban J connectivity index is 2.13. The Bertz CT molecular complexity index is 483. The number of hydrogen-bond donors (Lipinski definition) is 1. The van der Waals surface area contributed by atoms with E-state index in [2.05, 4.69) is 20.9 Å². The van der Waals surface area contributed by atoms with Gasteiger partial charge in [-0.05, 0) is 46.6 Å². The molecule has 0 aliphatic heterocycles. The maximum Gasteiger partial charge on any atom is 0.0937 e. The topological polar surface area (TPSA) is 33.1 Å². The van der Waals surface area contributed by atoms with Gasteiger partial charge in [-0.15, -0.1) is 11.3 Å². The van der Waals surface area contributed by atoms with Crippen molar-refractivity contribution in [3.63, 3.8) is 0 Å². The van der Waals surface area contributed by atoms with Crippen molar-refractivity contribution >= 4 is 27.3 Å². The van der Waals surface area contributed by atoms with Crippen molar-refractivity contribution in [1.29, 1.82) is 0 Å². The third-order valence-electron chi connectivity index (χ3n) is 2.43. The first kappa shape index (κ1) is 11.8. The number of aliphatic hydroxyl groups excluding tert-OH is 1. The lowest BCUT2D eigenvalue weighted by molar-refractivity contribution is 0.181. The number of thiophene rings is 1. The summed E-state index contributed by atoms with van der Waals surface area (Å²) in [4.78, 5) is 5.25. The molecule has 0 amide bonds.